The monoisotopic (exact) mass is 447 g/mol. The third kappa shape index (κ3) is 4.57. The number of amides is 1. The van der Waals surface area contributed by atoms with Gasteiger partial charge in [0.1, 0.15) is 5.65 Å². The molecule has 0 atom stereocenters. The Bertz CT molecular complexity index is 1150. The van der Waals surface area contributed by atoms with Crippen LogP contribution in [0.5, 0.6) is 0 Å². The van der Waals surface area contributed by atoms with Crippen molar-refractivity contribution in [2.75, 3.05) is 0 Å². The third-order valence-corrected chi connectivity index (χ3v) is 5.44. The molecule has 4 nitrogen and oxygen atoms in total. The van der Waals surface area contributed by atoms with Gasteiger partial charge in [-0.2, -0.15) is 0 Å². The van der Waals surface area contributed by atoms with Crippen LogP contribution < -0.4 is 5.32 Å². The smallest absolute Gasteiger partial charge is 0.220 e. The summed E-state index contributed by atoms with van der Waals surface area (Å²) in [5.74, 6) is 0.0409. The van der Waals surface area contributed by atoms with Crippen molar-refractivity contribution in [3.63, 3.8) is 0 Å². The second-order valence-corrected chi connectivity index (χ2v) is 8.02. The highest BCUT2D eigenvalue weighted by Gasteiger charge is 2.15. The van der Waals surface area contributed by atoms with E-state index in [0.29, 0.717) is 19.4 Å². The summed E-state index contributed by atoms with van der Waals surface area (Å²) >= 11 is 3.48. The lowest BCUT2D eigenvalue weighted by molar-refractivity contribution is -0.121. The molecule has 0 aliphatic heterocycles. The minimum absolute atomic E-state index is 0.0409. The van der Waals surface area contributed by atoms with Gasteiger partial charge in [0.25, 0.3) is 0 Å². The number of imidazole rings is 1. The molecule has 0 saturated carbocycles. The Hall–Kier alpha value is -2.92. The van der Waals surface area contributed by atoms with Crippen molar-refractivity contribution in [1.82, 2.24) is 14.7 Å². The largest absolute Gasteiger partial charge is 0.352 e. The minimum atomic E-state index is 0.0409. The Kier molecular flexibility index (Phi) is 5.76. The Labute approximate surface area is 178 Å². The summed E-state index contributed by atoms with van der Waals surface area (Å²) < 4.78 is 3.10. The maximum Gasteiger partial charge on any atom is 0.220 e. The van der Waals surface area contributed by atoms with Crippen molar-refractivity contribution in [3.05, 3.63) is 94.2 Å². The molecule has 0 aliphatic rings. The summed E-state index contributed by atoms with van der Waals surface area (Å²) in [4.78, 5) is 17.3. The molecule has 0 radical (unpaired) electrons. The van der Waals surface area contributed by atoms with Crippen LogP contribution in [0.1, 0.15) is 23.2 Å². The van der Waals surface area contributed by atoms with E-state index in [1.54, 1.807) is 0 Å². The maximum atomic E-state index is 12.5. The Morgan fingerprint density at radius 2 is 1.90 bits per heavy atom. The standard InChI is InChI=1S/C24H22BrN3O/c1-17-5-4-6-18(15-17)16-26-23(29)13-12-21-24(19-8-10-20(25)11-9-19)27-22-7-2-3-14-28(21)22/h2-11,14-15H,12-13,16H2,1H3,(H,26,29). The SMILES string of the molecule is Cc1cccc(CNC(=O)CCc2c(-c3ccc(Br)cc3)nc3ccccn23)c1. The predicted molar refractivity (Wildman–Crippen MR) is 120 cm³/mol. The van der Waals surface area contributed by atoms with E-state index in [4.69, 9.17) is 4.98 Å². The number of nitrogens with one attached hydrogen (secondary N) is 1. The van der Waals surface area contributed by atoms with Crippen molar-refractivity contribution in [1.29, 1.82) is 0 Å². The Morgan fingerprint density at radius 1 is 1.07 bits per heavy atom. The number of carbonyl (C=O) groups excluding carboxylic acids is 1. The molecule has 4 rings (SSSR count). The lowest BCUT2D eigenvalue weighted by Gasteiger charge is -2.08. The zero-order valence-corrected chi connectivity index (χ0v) is 17.8. The van der Waals surface area contributed by atoms with Crippen LogP contribution in [0.25, 0.3) is 16.9 Å². The van der Waals surface area contributed by atoms with Crippen LogP contribution in [0.2, 0.25) is 0 Å². The zero-order valence-electron chi connectivity index (χ0n) is 16.2. The minimum Gasteiger partial charge on any atom is -0.352 e. The number of halogens is 1. The number of aryl methyl sites for hydroxylation is 2. The van der Waals surface area contributed by atoms with Gasteiger partial charge in [-0.25, -0.2) is 4.98 Å². The van der Waals surface area contributed by atoms with Crippen LogP contribution >= 0.6 is 15.9 Å². The second kappa shape index (κ2) is 8.62. The number of nitrogens with zero attached hydrogens (tertiary/aromatic N) is 2. The lowest BCUT2D eigenvalue weighted by atomic mass is 10.1. The molecule has 2 aromatic heterocycles. The first-order valence-electron chi connectivity index (χ1n) is 9.64. The van der Waals surface area contributed by atoms with Crippen molar-refractivity contribution in [2.45, 2.75) is 26.3 Å². The molecular formula is C24H22BrN3O. The summed E-state index contributed by atoms with van der Waals surface area (Å²) in [7, 11) is 0. The predicted octanol–water partition coefficient (Wildman–Crippen LogP) is 5.32. The third-order valence-electron chi connectivity index (χ3n) is 4.91. The van der Waals surface area contributed by atoms with Gasteiger partial charge in [-0.3, -0.25) is 4.79 Å². The van der Waals surface area contributed by atoms with Crippen LogP contribution in [-0.4, -0.2) is 15.3 Å². The van der Waals surface area contributed by atoms with Gasteiger partial charge < -0.3 is 9.72 Å². The van der Waals surface area contributed by atoms with Gasteiger partial charge in [-0.15, -0.1) is 0 Å². The Morgan fingerprint density at radius 3 is 2.69 bits per heavy atom. The van der Waals surface area contributed by atoms with Gasteiger partial charge in [-0.1, -0.05) is 64.0 Å². The van der Waals surface area contributed by atoms with Crippen molar-refractivity contribution in [2.24, 2.45) is 0 Å². The van der Waals surface area contributed by atoms with Crippen LogP contribution in [0.15, 0.2) is 77.4 Å². The number of hydrogen-bond acceptors (Lipinski definition) is 2. The molecule has 0 unspecified atom stereocenters. The zero-order chi connectivity index (χ0) is 20.2. The molecule has 0 saturated heterocycles. The number of carbonyl (C=O) groups is 1. The summed E-state index contributed by atoms with van der Waals surface area (Å²) in [5, 5.41) is 3.03. The van der Waals surface area contributed by atoms with Gasteiger partial charge >= 0.3 is 0 Å². The molecule has 146 valence electrons. The average Bonchev–Trinajstić information content (AvgIpc) is 3.10. The van der Waals surface area contributed by atoms with E-state index in [0.717, 1.165) is 32.6 Å². The van der Waals surface area contributed by atoms with E-state index >= 15 is 0 Å². The van der Waals surface area contributed by atoms with Crippen LogP contribution in [-0.2, 0) is 17.8 Å². The van der Waals surface area contributed by atoms with Crippen LogP contribution in [0.3, 0.4) is 0 Å². The van der Waals surface area contributed by atoms with Gasteiger partial charge in [-0.05, 0) is 43.2 Å². The summed E-state index contributed by atoms with van der Waals surface area (Å²) in [6.07, 6.45) is 3.04. The second-order valence-electron chi connectivity index (χ2n) is 7.11. The molecule has 2 heterocycles. The first-order chi connectivity index (χ1) is 14.1. The van der Waals surface area contributed by atoms with Crippen LogP contribution in [0.4, 0.5) is 0 Å². The number of pyridine rings is 1. The molecule has 29 heavy (non-hydrogen) atoms. The fraction of sp³-hybridized carbons (Fsp3) is 0.167. The fourth-order valence-corrected chi connectivity index (χ4v) is 3.73. The van der Waals surface area contributed by atoms with Gasteiger partial charge in [0.15, 0.2) is 0 Å². The van der Waals surface area contributed by atoms with Crippen molar-refractivity contribution < 1.29 is 4.79 Å². The number of benzene rings is 2. The molecule has 1 N–H and O–H groups in total. The molecule has 0 bridgehead atoms. The summed E-state index contributed by atoms with van der Waals surface area (Å²) in [5.41, 5.74) is 6.22. The first-order valence-corrected chi connectivity index (χ1v) is 10.4. The van der Waals surface area contributed by atoms with E-state index in [1.807, 2.05) is 60.8 Å². The molecule has 1 amide bonds. The van der Waals surface area contributed by atoms with Crippen molar-refractivity contribution >= 4 is 27.5 Å². The van der Waals surface area contributed by atoms with Gasteiger partial charge in [0, 0.05) is 29.2 Å². The normalized spacial score (nSPS) is 11.0. The fourth-order valence-electron chi connectivity index (χ4n) is 3.47. The number of rotatable bonds is 6. The van der Waals surface area contributed by atoms with E-state index in [9.17, 15) is 4.79 Å². The molecule has 0 aliphatic carbocycles. The molecule has 4 aromatic rings. The van der Waals surface area contributed by atoms with E-state index in [1.165, 1.54) is 5.56 Å². The maximum absolute atomic E-state index is 12.5. The molecular weight excluding hydrogens is 426 g/mol. The quantitative estimate of drug-likeness (QED) is 0.434. The summed E-state index contributed by atoms with van der Waals surface area (Å²) in [6, 6.07) is 22.3. The molecule has 2 aromatic carbocycles. The topological polar surface area (TPSA) is 46.4 Å². The van der Waals surface area contributed by atoms with Crippen LogP contribution in [0, 0.1) is 6.92 Å². The van der Waals surface area contributed by atoms with E-state index in [-0.39, 0.29) is 5.91 Å². The highest BCUT2D eigenvalue weighted by Crippen LogP contribution is 2.27. The van der Waals surface area contributed by atoms with Gasteiger partial charge in [0.2, 0.25) is 5.91 Å². The number of aromatic nitrogens is 2. The highest BCUT2D eigenvalue weighted by atomic mass is 79.9. The first kappa shape index (κ1) is 19.4. The van der Waals surface area contributed by atoms with Gasteiger partial charge in [0.05, 0.1) is 11.4 Å². The molecule has 0 spiro atoms. The van der Waals surface area contributed by atoms with Crippen molar-refractivity contribution in [3.8, 4) is 11.3 Å². The molecule has 5 heteroatoms. The molecule has 0 fully saturated rings. The van der Waals surface area contributed by atoms with E-state index < -0.39 is 0 Å². The number of hydrogen-bond donors (Lipinski definition) is 1. The summed E-state index contributed by atoms with van der Waals surface area (Å²) in [6.45, 7) is 2.60. The van der Waals surface area contributed by atoms with E-state index in [2.05, 4.69) is 44.7 Å². The highest BCUT2D eigenvalue weighted by molar-refractivity contribution is 9.10. The number of fused-ring (bicyclic) bond motifs is 1. The lowest BCUT2D eigenvalue weighted by Crippen LogP contribution is -2.23. The average molecular weight is 448 g/mol. The Balaban J connectivity index is 1.51.